The van der Waals surface area contributed by atoms with Gasteiger partial charge in [0.25, 0.3) is 0 Å². The highest BCUT2D eigenvalue weighted by molar-refractivity contribution is 7.12. The summed E-state index contributed by atoms with van der Waals surface area (Å²) in [4.78, 5) is 5.46. The van der Waals surface area contributed by atoms with Crippen molar-refractivity contribution in [2.75, 3.05) is 6.61 Å². The van der Waals surface area contributed by atoms with Gasteiger partial charge in [-0.25, -0.2) is 4.98 Å². The maximum Gasteiger partial charge on any atom is 0.121 e. The van der Waals surface area contributed by atoms with Crippen molar-refractivity contribution < 1.29 is 9.84 Å². The highest BCUT2D eigenvalue weighted by Gasteiger charge is 2.34. The summed E-state index contributed by atoms with van der Waals surface area (Å²) in [5.41, 5.74) is 0.0632. The minimum absolute atomic E-state index is 0.375. The Hall–Kier alpha value is -0.450. The summed E-state index contributed by atoms with van der Waals surface area (Å²) in [5.74, 6) is 0.418. The molecule has 4 heteroatoms. The van der Waals surface area contributed by atoms with Gasteiger partial charge in [-0.2, -0.15) is 0 Å². The number of hydrogen-bond acceptors (Lipinski definition) is 4. The van der Waals surface area contributed by atoms with Crippen LogP contribution in [-0.4, -0.2) is 16.7 Å². The third-order valence-corrected chi connectivity index (χ3v) is 3.97. The van der Waals surface area contributed by atoms with Gasteiger partial charge in [0, 0.05) is 5.92 Å². The predicted octanol–water partition coefficient (Wildman–Crippen LogP) is 2.00. The Kier molecular flexibility index (Phi) is 2.37. The van der Waals surface area contributed by atoms with Crippen LogP contribution >= 0.6 is 11.3 Å². The number of nitrogens with zero attached hydrogens (tertiary/aromatic N) is 1. The molecule has 14 heavy (non-hydrogen) atoms. The molecule has 0 aliphatic carbocycles. The lowest BCUT2D eigenvalue weighted by Crippen LogP contribution is -2.31. The number of rotatable bonds is 1. The van der Waals surface area contributed by atoms with Crippen molar-refractivity contribution in [3.63, 3.8) is 0 Å². The molecule has 1 aliphatic rings. The normalized spacial score (nSPS) is 26.6. The Bertz CT molecular complexity index is 344. The second kappa shape index (κ2) is 3.29. The van der Waals surface area contributed by atoms with E-state index >= 15 is 0 Å². The van der Waals surface area contributed by atoms with Crippen molar-refractivity contribution in [3.05, 3.63) is 15.6 Å². The molecule has 0 saturated heterocycles. The zero-order chi connectivity index (χ0) is 10.3. The van der Waals surface area contributed by atoms with E-state index in [1.165, 1.54) is 0 Å². The Morgan fingerprint density at radius 2 is 2.29 bits per heavy atom. The monoisotopic (exact) mass is 213 g/mol. The first-order valence-electron chi connectivity index (χ1n) is 4.81. The molecule has 0 bridgehead atoms. The fourth-order valence-corrected chi connectivity index (χ4v) is 2.65. The molecule has 2 rings (SSSR count). The Balaban J connectivity index is 2.44. The molecule has 1 aliphatic heterocycles. The molecule has 1 aromatic rings. The zero-order valence-corrected chi connectivity index (χ0v) is 9.52. The second-order valence-electron chi connectivity index (χ2n) is 4.25. The summed E-state index contributed by atoms with van der Waals surface area (Å²) in [5, 5.41) is 11.2. The fraction of sp³-hybridized carbons (Fsp3) is 0.700. The lowest BCUT2D eigenvalue weighted by molar-refractivity contribution is -0.0586. The maximum absolute atomic E-state index is 10.1. The minimum Gasteiger partial charge on any atom is -0.382 e. The Morgan fingerprint density at radius 1 is 1.57 bits per heavy atom. The zero-order valence-electron chi connectivity index (χ0n) is 8.70. The number of hydrogen-bond donors (Lipinski definition) is 1. The summed E-state index contributed by atoms with van der Waals surface area (Å²) in [6.07, 6.45) is 0. The molecule has 1 atom stereocenters. The van der Waals surface area contributed by atoms with E-state index in [0.717, 1.165) is 15.6 Å². The molecule has 0 radical (unpaired) electrons. The smallest absolute Gasteiger partial charge is 0.121 e. The van der Waals surface area contributed by atoms with Gasteiger partial charge in [0.15, 0.2) is 0 Å². The van der Waals surface area contributed by atoms with E-state index in [2.05, 4.69) is 18.8 Å². The molecule has 2 heterocycles. The van der Waals surface area contributed by atoms with Crippen molar-refractivity contribution in [1.82, 2.24) is 4.98 Å². The van der Waals surface area contributed by atoms with Crippen LogP contribution in [0, 0.1) is 0 Å². The van der Waals surface area contributed by atoms with E-state index < -0.39 is 5.60 Å². The number of fused-ring (bicyclic) bond motifs is 1. The van der Waals surface area contributed by atoms with Gasteiger partial charge in [0.1, 0.15) is 5.60 Å². The van der Waals surface area contributed by atoms with E-state index in [-0.39, 0.29) is 0 Å². The molecule has 0 saturated carbocycles. The van der Waals surface area contributed by atoms with Gasteiger partial charge in [-0.15, -0.1) is 11.3 Å². The highest BCUT2D eigenvalue weighted by atomic mass is 32.1. The fourth-order valence-electron chi connectivity index (χ4n) is 1.55. The highest BCUT2D eigenvalue weighted by Crippen LogP contribution is 2.36. The molecule has 1 unspecified atom stereocenters. The van der Waals surface area contributed by atoms with Crippen LogP contribution in [0.3, 0.4) is 0 Å². The van der Waals surface area contributed by atoms with Crippen LogP contribution in [0.2, 0.25) is 0 Å². The van der Waals surface area contributed by atoms with Gasteiger partial charge in [0.2, 0.25) is 0 Å². The topological polar surface area (TPSA) is 42.4 Å². The van der Waals surface area contributed by atoms with Gasteiger partial charge in [-0.1, -0.05) is 13.8 Å². The van der Waals surface area contributed by atoms with Gasteiger partial charge < -0.3 is 9.84 Å². The standard InChI is InChI=1S/C10H15NO2S/c1-6(2)9-11-7-4-13-5-10(3,12)8(7)14-9/h6,12H,4-5H2,1-3H3. The average molecular weight is 213 g/mol. The average Bonchev–Trinajstić information content (AvgIpc) is 2.48. The quantitative estimate of drug-likeness (QED) is 0.776. The molecule has 0 aromatic carbocycles. The van der Waals surface area contributed by atoms with E-state index in [9.17, 15) is 5.11 Å². The van der Waals surface area contributed by atoms with Crippen LogP contribution in [0.25, 0.3) is 0 Å². The molecule has 0 spiro atoms. The summed E-state index contributed by atoms with van der Waals surface area (Å²) < 4.78 is 5.30. The molecule has 1 aromatic heterocycles. The Morgan fingerprint density at radius 3 is 2.86 bits per heavy atom. The van der Waals surface area contributed by atoms with Gasteiger partial charge in [-0.3, -0.25) is 0 Å². The van der Waals surface area contributed by atoms with Gasteiger partial charge in [0.05, 0.1) is 28.8 Å². The van der Waals surface area contributed by atoms with Gasteiger partial charge in [-0.05, 0) is 6.92 Å². The van der Waals surface area contributed by atoms with Crippen LogP contribution < -0.4 is 0 Å². The molecule has 3 nitrogen and oxygen atoms in total. The van der Waals surface area contributed by atoms with Crippen LogP contribution in [0.5, 0.6) is 0 Å². The first kappa shape index (κ1) is 10.1. The number of ether oxygens (including phenoxy) is 1. The lowest BCUT2D eigenvalue weighted by atomic mass is 10.0. The minimum atomic E-state index is -0.849. The van der Waals surface area contributed by atoms with E-state index in [4.69, 9.17) is 4.74 Å². The summed E-state index contributed by atoms with van der Waals surface area (Å²) in [6.45, 7) is 6.92. The first-order chi connectivity index (χ1) is 6.50. The van der Waals surface area contributed by atoms with Crippen LogP contribution in [0.1, 0.15) is 42.3 Å². The summed E-state index contributed by atoms with van der Waals surface area (Å²) in [6, 6.07) is 0. The van der Waals surface area contributed by atoms with E-state index in [1.807, 2.05) is 0 Å². The molecule has 1 N–H and O–H groups in total. The SMILES string of the molecule is CC(C)c1nc2c(s1)C(C)(O)COC2. The van der Waals surface area contributed by atoms with Crippen molar-refractivity contribution in [2.45, 2.75) is 38.9 Å². The van der Waals surface area contributed by atoms with Crippen LogP contribution in [0.4, 0.5) is 0 Å². The molecule has 0 amide bonds. The van der Waals surface area contributed by atoms with Crippen molar-refractivity contribution in [3.8, 4) is 0 Å². The van der Waals surface area contributed by atoms with Crippen molar-refractivity contribution in [2.24, 2.45) is 0 Å². The molecule has 0 fully saturated rings. The van der Waals surface area contributed by atoms with E-state index in [1.54, 1.807) is 18.3 Å². The Labute approximate surface area is 87.7 Å². The molecular weight excluding hydrogens is 198 g/mol. The third-order valence-electron chi connectivity index (χ3n) is 2.32. The lowest BCUT2D eigenvalue weighted by Gasteiger charge is -2.26. The van der Waals surface area contributed by atoms with Crippen molar-refractivity contribution >= 4 is 11.3 Å². The first-order valence-corrected chi connectivity index (χ1v) is 5.62. The predicted molar refractivity (Wildman–Crippen MR) is 55.4 cm³/mol. The number of aromatic nitrogens is 1. The largest absolute Gasteiger partial charge is 0.382 e. The second-order valence-corrected chi connectivity index (χ2v) is 5.28. The summed E-state index contributed by atoms with van der Waals surface area (Å²) >= 11 is 1.61. The third kappa shape index (κ3) is 1.58. The maximum atomic E-state index is 10.1. The van der Waals surface area contributed by atoms with E-state index in [0.29, 0.717) is 19.1 Å². The number of aliphatic hydroxyl groups is 1. The number of thiazole rings is 1. The van der Waals surface area contributed by atoms with Crippen LogP contribution in [-0.2, 0) is 16.9 Å². The summed E-state index contributed by atoms with van der Waals surface area (Å²) in [7, 11) is 0. The molecule has 78 valence electrons. The van der Waals surface area contributed by atoms with Crippen LogP contribution in [0.15, 0.2) is 0 Å². The van der Waals surface area contributed by atoms with Gasteiger partial charge >= 0.3 is 0 Å². The molecular formula is C10H15NO2S. The van der Waals surface area contributed by atoms with Crippen molar-refractivity contribution in [1.29, 1.82) is 0 Å².